The first-order valence-electron chi connectivity index (χ1n) is 5.31. The Morgan fingerprint density at radius 2 is 2.00 bits per heavy atom. The van der Waals surface area contributed by atoms with E-state index in [-0.39, 0.29) is 0 Å². The average Bonchev–Trinajstić information content (AvgIpc) is 2.52. The number of fused-ring (bicyclic) bond motifs is 4. The fourth-order valence-electron chi connectivity index (χ4n) is 2.35. The average molecular weight is 238 g/mol. The van der Waals surface area contributed by atoms with Crippen LogP contribution in [0, 0.1) is 5.92 Å². The van der Waals surface area contributed by atoms with E-state index in [0.29, 0.717) is 29.8 Å². The Morgan fingerprint density at radius 3 is 2.57 bits per heavy atom. The first kappa shape index (κ1) is 11.0. The highest BCUT2D eigenvalue weighted by atomic mass is 35.5. The molecular formula is C10H17Cl2NO. The van der Waals surface area contributed by atoms with Crippen LogP contribution in [-0.2, 0) is 4.74 Å². The van der Waals surface area contributed by atoms with Crippen LogP contribution < -0.4 is 0 Å². The van der Waals surface area contributed by atoms with Crippen molar-refractivity contribution in [1.82, 2.24) is 4.90 Å². The first-order valence-corrected chi connectivity index (χ1v) is 6.38. The van der Waals surface area contributed by atoms with Crippen LogP contribution >= 0.6 is 23.2 Å². The normalized spacial score (nSPS) is 33.6. The van der Waals surface area contributed by atoms with Crippen LogP contribution in [0.2, 0.25) is 0 Å². The van der Waals surface area contributed by atoms with Gasteiger partial charge in [0.1, 0.15) is 0 Å². The summed E-state index contributed by atoms with van der Waals surface area (Å²) in [4.78, 5) is 2.41. The first-order chi connectivity index (χ1) is 6.83. The Bertz CT molecular complexity index is 165. The van der Waals surface area contributed by atoms with Crippen molar-refractivity contribution in [3.05, 3.63) is 0 Å². The molecule has 3 heterocycles. The van der Waals surface area contributed by atoms with Gasteiger partial charge in [-0.2, -0.15) is 0 Å². The van der Waals surface area contributed by atoms with Gasteiger partial charge in [0, 0.05) is 30.9 Å². The molecule has 3 fully saturated rings. The van der Waals surface area contributed by atoms with E-state index in [1.165, 1.54) is 12.8 Å². The molecule has 0 aliphatic carbocycles. The van der Waals surface area contributed by atoms with Crippen LogP contribution in [0.15, 0.2) is 0 Å². The second kappa shape index (κ2) is 5.02. The summed E-state index contributed by atoms with van der Waals surface area (Å²) in [6.07, 6.45) is 2.93. The number of nitrogens with zero attached hydrogens (tertiary/aromatic N) is 1. The lowest BCUT2D eigenvalue weighted by atomic mass is 10.0. The van der Waals surface area contributed by atoms with E-state index in [2.05, 4.69) is 4.90 Å². The van der Waals surface area contributed by atoms with Crippen LogP contribution in [0.1, 0.15) is 12.8 Å². The van der Waals surface area contributed by atoms with Gasteiger partial charge in [-0.15, -0.1) is 23.2 Å². The highest BCUT2D eigenvalue weighted by Gasteiger charge is 2.32. The molecule has 0 aromatic rings. The summed E-state index contributed by atoms with van der Waals surface area (Å²) in [7, 11) is 0. The molecule has 2 atom stereocenters. The zero-order valence-corrected chi connectivity index (χ0v) is 9.81. The van der Waals surface area contributed by atoms with E-state index in [1.54, 1.807) is 0 Å². The van der Waals surface area contributed by atoms with Gasteiger partial charge in [-0.3, -0.25) is 4.90 Å². The maximum Gasteiger partial charge on any atom is 0.0702 e. The van der Waals surface area contributed by atoms with Crippen molar-refractivity contribution >= 4 is 23.2 Å². The van der Waals surface area contributed by atoms with Crippen LogP contribution in [0.25, 0.3) is 0 Å². The second-order valence-electron chi connectivity index (χ2n) is 4.32. The third kappa shape index (κ3) is 2.35. The Hall–Kier alpha value is 0.500. The van der Waals surface area contributed by atoms with E-state index in [0.717, 1.165) is 19.7 Å². The Kier molecular flexibility index (Phi) is 3.94. The number of ether oxygens (including phenoxy) is 1. The third-order valence-corrected chi connectivity index (χ3v) is 3.98. The maximum absolute atomic E-state index is 5.90. The van der Waals surface area contributed by atoms with Gasteiger partial charge in [-0.1, -0.05) is 0 Å². The molecule has 3 saturated heterocycles. The molecule has 0 aromatic heterocycles. The highest BCUT2D eigenvalue weighted by Crippen LogP contribution is 2.26. The van der Waals surface area contributed by atoms with E-state index in [1.807, 2.05) is 0 Å². The molecule has 0 amide bonds. The molecule has 3 aliphatic rings. The number of rotatable bonds is 3. The number of hydrogen-bond donors (Lipinski definition) is 0. The van der Waals surface area contributed by atoms with Crippen molar-refractivity contribution in [3.8, 4) is 0 Å². The molecule has 0 N–H and O–H groups in total. The largest absolute Gasteiger partial charge is 0.377 e. The minimum Gasteiger partial charge on any atom is -0.377 e. The summed E-state index contributed by atoms with van der Waals surface area (Å²) in [6, 6.07) is 0.322. The van der Waals surface area contributed by atoms with Crippen LogP contribution in [0.4, 0.5) is 0 Å². The van der Waals surface area contributed by atoms with Crippen LogP contribution in [0.5, 0.6) is 0 Å². The minimum atomic E-state index is 0.322. The van der Waals surface area contributed by atoms with Gasteiger partial charge < -0.3 is 4.74 Å². The molecular weight excluding hydrogens is 221 g/mol. The zero-order chi connectivity index (χ0) is 9.97. The molecule has 0 spiro atoms. The quantitative estimate of drug-likeness (QED) is 0.697. The SMILES string of the molecule is ClCC(CCl)N1CC2CCC(C1)OC2. The van der Waals surface area contributed by atoms with Crippen molar-refractivity contribution in [2.45, 2.75) is 25.0 Å². The van der Waals surface area contributed by atoms with Crippen molar-refractivity contribution in [1.29, 1.82) is 0 Å². The lowest BCUT2D eigenvalue weighted by Crippen LogP contribution is -2.41. The molecule has 14 heavy (non-hydrogen) atoms. The van der Waals surface area contributed by atoms with Gasteiger partial charge >= 0.3 is 0 Å². The number of hydrogen-bond acceptors (Lipinski definition) is 2. The molecule has 3 aliphatic heterocycles. The standard InChI is InChI=1S/C10H17Cl2NO/c11-3-9(4-12)13-5-8-1-2-10(6-13)14-7-8/h8-10H,1-7H2. The zero-order valence-electron chi connectivity index (χ0n) is 8.29. The summed E-state index contributed by atoms with van der Waals surface area (Å²) in [6.45, 7) is 3.06. The van der Waals surface area contributed by atoms with Crippen molar-refractivity contribution in [2.75, 3.05) is 31.5 Å². The summed E-state index contributed by atoms with van der Waals surface area (Å²) in [5.74, 6) is 1.95. The Morgan fingerprint density at radius 1 is 1.21 bits per heavy atom. The second-order valence-corrected chi connectivity index (χ2v) is 4.93. The minimum absolute atomic E-state index is 0.322. The lowest BCUT2D eigenvalue weighted by molar-refractivity contribution is 0.00387. The molecule has 0 radical (unpaired) electrons. The predicted octanol–water partition coefficient (Wildman–Crippen LogP) is 1.94. The topological polar surface area (TPSA) is 12.5 Å². The molecule has 82 valence electrons. The molecule has 2 bridgehead atoms. The smallest absolute Gasteiger partial charge is 0.0702 e. The fourth-order valence-corrected chi connectivity index (χ4v) is 3.07. The van der Waals surface area contributed by atoms with Gasteiger partial charge in [0.05, 0.1) is 12.7 Å². The van der Waals surface area contributed by atoms with Crippen LogP contribution in [0.3, 0.4) is 0 Å². The van der Waals surface area contributed by atoms with Crippen molar-refractivity contribution in [3.63, 3.8) is 0 Å². The van der Waals surface area contributed by atoms with Gasteiger partial charge in [0.2, 0.25) is 0 Å². The molecule has 0 aromatic carbocycles. The van der Waals surface area contributed by atoms with Gasteiger partial charge in [-0.25, -0.2) is 0 Å². The van der Waals surface area contributed by atoms with Crippen LogP contribution in [-0.4, -0.2) is 48.5 Å². The predicted molar refractivity (Wildman–Crippen MR) is 59.3 cm³/mol. The van der Waals surface area contributed by atoms with Gasteiger partial charge in [-0.05, 0) is 18.8 Å². The fraction of sp³-hybridized carbons (Fsp3) is 1.00. The van der Waals surface area contributed by atoms with E-state index in [4.69, 9.17) is 27.9 Å². The lowest BCUT2D eigenvalue weighted by Gasteiger charge is -2.28. The highest BCUT2D eigenvalue weighted by molar-refractivity contribution is 6.21. The third-order valence-electron chi connectivity index (χ3n) is 3.27. The van der Waals surface area contributed by atoms with E-state index < -0.39 is 0 Å². The molecule has 2 unspecified atom stereocenters. The Balaban J connectivity index is 1.99. The van der Waals surface area contributed by atoms with E-state index in [9.17, 15) is 0 Å². The molecule has 3 rings (SSSR count). The summed E-state index contributed by atoms with van der Waals surface area (Å²) in [5.41, 5.74) is 0. The summed E-state index contributed by atoms with van der Waals surface area (Å²) >= 11 is 11.8. The van der Waals surface area contributed by atoms with E-state index >= 15 is 0 Å². The summed E-state index contributed by atoms with van der Waals surface area (Å²) in [5, 5.41) is 0. The number of alkyl halides is 2. The number of halogens is 2. The Labute approximate surface area is 95.5 Å². The van der Waals surface area contributed by atoms with Crippen molar-refractivity contribution in [2.24, 2.45) is 5.92 Å². The summed E-state index contributed by atoms with van der Waals surface area (Å²) < 4.78 is 5.74. The maximum atomic E-state index is 5.90. The molecule has 0 saturated carbocycles. The van der Waals surface area contributed by atoms with Crippen molar-refractivity contribution < 1.29 is 4.74 Å². The van der Waals surface area contributed by atoms with Gasteiger partial charge in [0.15, 0.2) is 0 Å². The van der Waals surface area contributed by atoms with Gasteiger partial charge in [0.25, 0.3) is 0 Å². The molecule has 4 heteroatoms. The molecule has 2 nitrogen and oxygen atoms in total. The monoisotopic (exact) mass is 237 g/mol.